The zero-order valence-corrected chi connectivity index (χ0v) is 12.4. The molecule has 1 N–H and O–H groups in total. The van der Waals surface area contributed by atoms with E-state index in [2.05, 4.69) is 74.6 Å². The zero-order chi connectivity index (χ0) is 13.8. The van der Waals surface area contributed by atoms with E-state index >= 15 is 0 Å². The molecule has 19 heavy (non-hydrogen) atoms. The summed E-state index contributed by atoms with van der Waals surface area (Å²) in [6.07, 6.45) is 0. The number of hydrogen-bond donors (Lipinski definition) is 1. The molecular weight excluding hydrogens is 232 g/mol. The Kier molecular flexibility index (Phi) is 4.43. The van der Waals surface area contributed by atoms with Crippen LogP contribution in [0, 0.1) is 0 Å². The molecule has 102 valence electrons. The maximum atomic E-state index is 3.54. The zero-order valence-electron chi connectivity index (χ0n) is 12.4. The van der Waals surface area contributed by atoms with Crippen LogP contribution in [-0.4, -0.2) is 32.1 Å². The lowest BCUT2D eigenvalue weighted by molar-refractivity contribution is 0.425. The second-order valence-corrected chi connectivity index (χ2v) is 5.63. The first kappa shape index (κ1) is 13.9. The molecule has 0 aliphatic carbocycles. The lowest BCUT2D eigenvalue weighted by Crippen LogP contribution is -2.20. The van der Waals surface area contributed by atoms with Crippen molar-refractivity contribution < 1.29 is 0 Å². The summed E-state index contributed by atoms with van der Waals surface area (Å²) in [6, 6.07) is 13.1. The Morgan fingerprint density at radius 3 is 2.32 bits per heavy atom. The van der Waals surface area contributed by atoms with E-state index in [4.69, 9.17) is 0 Å². The first-order valence-electron chi connectivity index (χ1n) is 7.00. The first-order valence-corrected chi connectivity index (χ1v) is 7.00. The minimum absolute atomic E-state index is 0.556. The van der Waals surface area contributed by atoms with E-state index in [-0.39, 0.29) is 0 Å². The molecule has 0 aliphatic heterocycles. The molecule has 0 atom stereocenters. The van der Waals surface area contributed by atoms with Crippen molar-refractivity contribution >= 4 is 16.5 Å². The van der Waals surface area contributed by atoms with Gasteiger partial charge in [-0.1, -0.05) is 44.2 Å². The number of rotatable bonds is 5. The summed E-state index contributed by atoms with van der Waals surface area (Å²) in [5.74, 6) is 0.556. The van der Waals surface area contributed by atoms with Crippen molar-refractivity contribution in [1.29, 1.82) is 0 Å². The van der Waals surface area contributed by atoms with Crippen LogP contribution in [0.4, 0.5) is 5.69 Å². The van der Waals surface area contributed by atoms with Crippen LogP contribution in [-0.2, 0) is 0 Å². The predicted molar refractivity (Wildman–Crippen MR) is 85.1 cm³/mol. The molecule has 0 fully saturated rings. The highest BCUT2D eigenvalue weighted by atomic mass is 15.1. The van der Waals surface area contributed by atoms with Gasteiger partial charge in [0.05, 0.1) is 0 Å². The SMILES string of the molecule is CC(C)c1ccc(NCCN(C)C)c2ccccc12. The van der Waals surface area contributed by atoms with Crippen molar-refractivity contribution in [3.8, 4) is 0 Å². The topological polar surface area (TPSA) is 15.3 Å². The van der Waals surface area contributed by atoms with Crippen LogP contribution in [0.5, 0.6) is 0 Å². The van der Waals surface area contributed by atoms with Crippen LogP contribution in [0.1, 0.15) is 25.3 Å². The number of benzene rings is 2. The van der Waals surface area contributed by atoms with Gasteiger partial charge in [0.2, 0.25) is 0 Å². The molecule has 0 unspecified atom stereocenters. The molecule has 0 amide bonds. The van der Waals surface area contributed by atoms with Crippen LogP contribution in [0.25, 0.3) is 10.8 Å². The molecule has 0 aliphatic rings. The molecule has 0 aromatic heterocycles. The van der Waals surface area contributed by atoms with Crippen molar-refractivity contribution in [3.05, 3.63) is 42.0 Å². The van der Waals surface area contributed by atoms with Crippen molar-refractivity contribution in [1.82, 2.24) is 4.90 Å². The van der Waals surface area contributed by atoms with E-state index in [1.54, 1.807) is 0 Å². The number of nitrogens with zero attached hydrogens (tertiary/aromatic N) is 1. The van der Waals surface area contributed by atoms with E-state index in [0.29, 0.717) is 5.92 Å². The quantitative estimate of drug-likeness (QED) is 0.871. The van der Waals surface area contributed by atoms with Gasteiger partial charge in [0.25, 0.3) is 0 Å². The molecule has 0 saturated carbocycles. The average Bonchev–Trinajstić information content (AvgIpc) is 2.38. The molecule has 2 heteroatoms. The molecule has 0 heterocycles. The second kappa shape index (κ2) is 6.07. The molecule has 2 aromatic rings. The monoisotopic (exact) mass is 256 g/mol. The summed E-state index contributed by atoms with van der Waals surface area (Å²) in [5, 5.41) is 6.24. The normalized spacial score (nSPS) is 11.5. The summed E-state index contributed by atoms with van der Waals surface area (Å²) in [7, 11) is 4.20. The maximum Gasteiger partial charge on any atom is 0.0420 e. The molecular formula is C17H24N2. The molecule has 2 nitrogen and oxygen atoms in total. The third-order valence-electron chi connectivity index (χ3n) is 3.45. The average molecular weight is 256 g/mol. The number of fused-ring (bicyclic) bond motifs is 1. The van der Waals surface area contributed by atoms with Gasteiger partial charge in [-0.05, 0) is 37.0 Å². The van der Waals surface area contributed by atoms with Crippen molar-refractivity contribution in [3.63, 3.8) is 0 Å². The Morgan fingerprint density at radius 1 is 1.00 bits per heavy atom. The summed E-state index contributed by atoms with van der Waals surface area (Å²) < 4.78 is 0. The molecule has 0 radical (unpaired) electrons. The van der Waals surface area contributed by atoms with Crippen molar-refractivity contribution in [2.75, 3.05) is 32.5 Å². The van der Waals surface area contributed by atoms with E-state index in [0.717, 1.165) is 13.1 Å². The van der Waals surface area contributed by atoms with Gasteiger partial charge in [-0.25, -0.2) is 0 Å². The van der Waals surface area contributed by atoms with E-state index in [1.807, 2.05) is 0 Å². The Labute approximate surface area is 116 Å². The minimum atomic E-state index is 0.556. The van der Waals surface area contributed by atoms with Crippen molar-refractivity contribution in [2.24, 2.45) is 0 Å². The maximum absolute atomic E-state index is 3.54. The highest BCUT2D eigenvalue weighted by Crippen LogP contribution is 2.30. The molecule has 2 rings (SSSR count). The smallest absolute Gasteiger partial charge is 0.0420 e. The van der Waals surface area contributed by atoms with E-state index in [1.165, 1.54) is 22.0 Å². The Hall–Kier alpha value is -1.54. The number of likely N-dealkylation sites (N-methyl/N-ethyl adjacent to an activating group) is 1. The van der Waals surface area contributed by atoms with Crippen LogP contribution < -0.4 is 5.32 Å². The van der Waals surface area contributed by atoms with E-state index < -0.39 is 0 Å². The van der Waals surface area contributed by atoms with Gasteiger partial charge in [-0.2, -0.15) is 0 Å². The largest absolute Gasteiger partial charge is 0.383 e. The lowest BCUT2D eigenvalue weighted by atomic mass is 9.95. The van der Waals surface area contributed by atoms with Crippen LogP contribution in [0.15, 0.2) is 36.4 Å². The highest BCUT2D eigenvalue weighted by Gasteiger charge is 2.07. The fourth-order valence-corrected chi connectivity index (χ4v) is 2.39. The van der Waals surface area contributed by atoms with Gasteiger partial charge in [0.15, 0.2) is 0 Å². The van der Waals surface area contributed by atoms with Gasteiger partial charge >= 0.3 is 0 Å². The number of anilines is 1. The minimum Gasteiger partial charge on any atom is -0.383 e. The van der Waals surface area contributed by atoms with Gasteiger partial charge < -0.3 is 10.2 Å². The van der Waals surface area contributed by atoms with Gasteiger partial charge in [0.1, 0.15) is 0 Å². The molecule has 2 aromatic carbocycles. The number of hydrogen-bond acceptors (Lipinski definition) is 2. The van der Waals surface area contributed by atoms with Crippen LogP contribution >= 0.6 is 0 Å². The third-order valence-corrected chi connectivity index (χ3v) is 3.45. The van der Waals surface area contributed by atoms with E-state index in [9.17, 15) is 0 Å². The lowest BCUT2D eigenvalue weighted by Gasteiger charge is -2.16. The Balaban J connectivity index is 2.33. The third kappa shape index (κ3) is 3.27. The molecule has 0 bridgehead atoms. The standard InChI is InChI=1S/C17H24N2/c1-13(2)14-9-10-17(18-11-12-19(3)4)16-8-6-5-7-15(14)16/h5-10,13,18H,11-12H2,1-4H3. The van der Waals surface area contributed by atoms with Crippen LogP contribution in [0.2, 0.25) is 0 Å². The van der Waals surface area contributed by atoms with Gasteiger partial charge in [0, 0.05) is 24.2 Å². The highest BCUT2D eigenvalue weighted by molar-refractivity contribution is 5.96. The van der Waals surface area contributed by atoms with Gasteiger partial charge in [-0.15, -0.1) is 0 Å². The summed E-state index contributed by atoms with van der Waals surface area (Å²) in [4.78, 5) is 2.19. The fourth-order valence-electron chi connectivity index (χ4n) is 2.39. The summed E-state index contributed by atoms with van der Waals surface area (Å²) in [6.45, 7) is 6.51. The second-order valence-electron chi connectivity index (χ2n) is 5.63. The van der Waals surface area contributed by atoms with Crippen LogP contribution in [0.3, 0.4) is 0 Å². The van der Waals surface area contributed by atoms with Gasteiger partial charge in [-0.3, -0.25) is 0 Å². The Morgan fingerprint density at radius 2 is 1.68 bits per heavy atom. The predicted octanol–water partition coefficient (Wildman–Crippen LogP) is 3.94. The first-order chi connectivity index (χ1) is 9.09. The van der Waals surface area contributed by atoms with Crippen molar-refractivity contribution in [2.45, 2.75) is 19.8 Å². The Bertz CT molecular complexity index is 544. The fraction of sp³-hybridized carbons (Fsp3) is 0.412. The summed E-state index contributed by atoms with van der Waals surface area (Å²) >= 11 is 0. The number of nitrogens with one attached hydrogen (secondary N) is 1. The molecule has 0 saturated heterocycles. The summed E-state index contributed by atoms with van der Waals surface area (Å²) in [5.41, 5.74) is 2.66. The molecule has 0 spiro atoms.